The second-order valence-electron chi connectivity index (χ2n) is 8.16. The van der Waals surface area contributed by atoms with Crippen LogP contribution >= 0.6 is 0 Å². The fraction of sp³-hybridized carbons (Fsp3) is 0.280. The van der Waals surface area contributed by atoms with E-state index in [4.69, 9.17) is 4.74 Å². The Hall–Kier alpha value is -3.94. The number of anilines is 1. The standard InChI is InChI=1S/C25H26N4O4/c1-4-33-23(31)19-14-21-22(30)29(20-13-9-8-10-17(20)2)25(3,16-28(21)27-19)24(32)26-15-18-11-6-5-7-12-18/h5-14H,4,15-16H2,1-3H3,(H,26,32)/t25-/m1/s1. The molecule has 4 rings (SSSR count). The SMILES string of the molecule is CCOC(=O)c1cc2n(n1)C[C@](C)(C(=O)NCc1ccccc1)N(c1ccccc1C)C2=O. The zero-order valence-corrected chi connectivity index (χ0v) is 18.9. The largest absolute Gasteiger partial charge is 0.461 e. The number of ether oxygens (including phenoxy) is 1. The Morgan fingerprint density at radius 2 is 1.82 bits per heavy atom. The van der Waals surface area contributed by atoms with Gasteiger partial charge in [0.05, 0.1) is 13.2 Å². The lowest BCUT2D eigenvalue weighted by molar-refractivity contribution is -0.126. The molecule has 0 radical (unpaired) electrons. The number of nitrogens with zero attached hydrogens (tertiary/aromatic N) is 3. The van der Waals surface area contributed by atoms with E-state index in [0.29, 0.717) is 12.2 Å². The van der Waals surface area contributed by atoms with Gasteiger partial charge in [-0.05, 0) is 38.0 Å². The number of fused-ring (bicyclic) bond motifs is 1. The molecular weight excluding hydrogens is 420 g/mol. The van der Waals surface area contributed by atoms with Crippen LogP contribution < -0.4 is 10.2 Å². The molecule has 170 valence electrons. The Balaban J connectivity index is 1.74. The second-order valence-corrected chi connectivity index (χ2v) is 8.16. The summed E-state index contributed by atoms with van der Waals surface area (Å²) in [5, 5.41) is 7.25. The van der Waals surface area contributed by atoms with Gasteiger partial charge in [-0.25, -0.2) is 4.79 Å². The molecular formula is C25H26N4O4. The van der Waals surface area contributed by atoms with E-state index in [-0.39, 0.29) is 30.4 Å². The highest BCUT2D eigenvalue weighted by atomic mass is 16.5. The van der Waals surface area contributed by atoms with Gasteiger partial charge in [0.1, 0.15) is 11.2 Å². The van der Waals surface area contributed by atoms with Gasteiger partial charge >= 0.3 is 5.97 Å². The number of esters is 1. The number of aromatic nitrogens is 2. The van der Waals surface area contributed by atoms with Crippen LogP contribution in [-0.4, -0.2) is 39.7 Å². The summed E-state index contributed by atoms with van der Waals surface area (Å²) in [4.78, 5) is 41.0. The first kappa shape index (κ1) is 22.3. The molecule has 2 amide bonds. The highest BCUT2D eigenvalue weighted by molar-refractivity contribution is 6.12. The first-order valence-corrected chi connectivity index (χ1v) is 10.8. The van der Waals surface area contributed by atoms with Crippen molar-refractivity contribution in [2.24, 2.45) is 0 Å². The monoisotopic (exact) mass is 446 g/mol. The van der Waals surface area contributed by atoms with E-state index in [1.54, 1.807) is 13.8 Å². The average Bonchev–Trinajstić information content (AvgIpc) is 3.24. The quantitative estimate of drug-likeness (QED) is 0.588. The molecule has 1 aliphatic rings. The zero-order valence-electron chi connectivity index (χ0n) is 18.9. The second kappa shape index (κ2) is 8.90. The van der Waals surface area contributed by atoms with Crippen LogP contribution in [0, 0.1) is 6.92 Å². The highest BCUT2D eigenvalue weighted by Gasteiger charge is 2.49. The van der Waals surface area contributed by atoms with Gasteiger partial charge in [0, 0.05) is 18.3 Å². The molecule has 3 aromatic rings. The smallest absolute Gasteiger partial charge is 0.358 e. The molecule has 0 bridgehead atoms. The van der Waals surface area contributed by atoms with Crippen molar-refractivity contribution in [3.8, 4) is 0 Å². The van der Waals surface area contributed by atoms with Crippen molar-refractivity contribution in [3.05, 3.63) is 83.2 Å². The number of carbonyl (C=O) groups is 3. The van der Waals surface area contributed by atoms with E-state index >= 15 is 0 Å². The van der Waals surface area contributed by atoms with E-state index < -0.39 is 17.4 Å². The van der Waals surface area contributed by atoms with Crippen LogP contribution in [0.2, 0.25) is 0 Å². The molecule has 1 N–H and O–H groups in total. The molecule has 1 atom stereocenters. The molecule has 0 unspecified atom stereocenters. The topological polar surface area (TPSA) is 93.5 Å². The summed E-state index contributed by atoms with van der Waals surface area (Å²) in [7, 11) is 0. The number of benzene rings is 2. The van der Waals surface area contributed by atoms with Gasteiger partial charge in [-0.15, -0.1) is 0 Å². The van der Waals surface area contributed by atoms with Crippen LogP contribution in [0.3, 0.4) is 0 Å². The van der Waals surface area contributed by atoms with Crippen LogP contribution in [0.25, 0.3) is 0 Å². The maximum Gasteiger partial charge on any atom is 0.358 e. The molecule has 33 heavy (non-hydrogen) atoms. The number of amides is 2. The van der Waals surface area contributed by atoms with Crippen LogP contribution in [0.15, 0.2) is 60.7 Å². The molecule has 0 fully saturated rings. The maximum atomic E-state index is 13.7. The molecule has 0 spiro atoms. The molecule has 1 aromatic heterocycles. The number of nitrogens with one attached hydrogen (secondary N) is 1. The lowest BCUT2D eigenvalue weighted by atomic mass is 9.93. The van der Waals surface area contributed by atoms with Crippen molar-refractivity contribution in [3.63, 3.8) is 0 Å². The summed E-state index contributed by atoms with van der Waals surface area (Å²) >= 11 is 0. The van der Waals surface area contributed by atoms with Crippen molar-refractivity contribution >= 4 is 23.5 Å². The predicted octanol–water partition coefficient (Wildman–Crippen LogP) is 3.10. The Bertz CT molecular complexity index is 1200. The Morgan fingerprint density at radius 1 is 1.12 bits per heavy atom. The van der Waals surface area contributed by atoms with Gasteiger partial charge in [0.15, 0.2) is 5.69 Å². The zero-order chi connectivity index (χ0) is 23.6. The number of rotatable bonds is 6. The molecule has 0 aliphatic carbocycles. The summed E-state index contributed by atoms with van der Waals surface area (Å²) < 4.78 is 6.46. The van der Waals surface area contributed by atoms with Gasteiger partial charge in [-0.3, -0.25) is 19.2 Å². The molecule has 1 aliphatic heterocycles. The fourth-order valence-corrected chi connectivity index (χ4v) is 4.05. The molecule has 8 heteroatoms. The molecule has 0 saturated heterocycles. The van der Waals surface area contributed by atoms with Gasteiger partial charge in [-0.1, -0.05) is 48.5 Å². The van der Waals surface area contributed by atoms with Gasteiger partial charge < -0.3 is 10.1 Å². The minimum atomic E-state index is -1.27. The van der Waals surface area contributed by atoms with Crippen molar-refractivity contribution < 1.29 is 19.1 Å². The number of carbonyl (C=O) groups excluding carboxylic acids is 3. The third-order valence-corrected chi connectivity index (χ3v) is 5.78. The highest BCUT2D eigenvalue weighted by Crippen LogP contribution is 2.34. The number of hydrogen-bond donors (Lipinski definition) is 1. The molecule has 2 aromatic carbocycles. The van der Waals surface area contributed by atoms with Crippen molar-refractivity contribution in [1.82, 2.24) is 15.1 Å². The van der Waals surface area contributed by atoms with Crippen molar-refractivity contribution in [2.45, 2.75) is 39.4 Å². The van der Waals surface area contributed by atoms with E-state index in [2.05, 4.69) is 10.4 Å². The molecule has 2 heterocycles. The van der Waals surface area contributed by atoms with E-state index in [1.165, 1.54) is 15.6 Å². The van der Waals surface area contributed by atoms with Crippen LogP contribution in [0.5, 0.6) is 0 Å². The number of hydrogen-bond acceptors (Lipinski definition) is 5. The summed E-state index contributed by atoms with van der Waals surface area (Å²) in [6, 6.07) is 18.4. The molecule has 0 saturated carbocycles. The third kappa shape index (κ3) is 4.11. The minimum absolute atomic E-state index is 0.0406. The number of para-hydroxylation sites is 1. The fourth-order valence-electron chi connectivity index (χ4n) is 4.05. The van der Waals surface area contributed by atoms with Gasteiger partial charge in [-0.2, -0.15) is 5.10 Å². The van der Waals surface area contributed by atoms with Crippen LogP contribution in [0.4, 0.5) is 5.69 Å². The van der Waals surface area contributed by atoms with Gasteiger partial charge in [0.25, 0.3) is 5.91 Å². The van der Waals surface area contributed by atoms with Crippen LogP contribution in [-0.2, 0) is 22.6 Å². The minimum Gasteiger partial charge on any atom is -0.461 e. The summed E-state index contributed by atoms with van der Waals surface area (Å²) in [5.41, 5.74) is 1.43. The summed E-state index contributed by atoms with van der Waals surface area (Å²) in [6.45, 7) is 5.91. The Morgan fingerprint density at radius 3 is 2.52 bits per heavy atom. The van der Waals surface area contributed by atoms with E-state index in [9.17, 15) is 14.4 Å². The average molecular weight is 447 g/mol. The summed E-state index contributed by atoms with van der Waals surface area (Å²) in [5.74, 6) is -1.33. The lowest BCUT2D eigenvalue weighted by Crippen LogP contribution is -2.64. The first-order valence-electron chi connectivity index (χ1n) is 10.8. The normalized spacial score (nSPS) is 17.4. The Labute approximate surface area is 192 Å². The molecule has 8 nitrogen and oxygen atoms in total. The first-order chi connectivity index (χ1) is 15.8. The van der Waals surface area contributed by atoms with Crippen LogP contribution in [0.1, 0.15) is 46.0 Å². The van der Waals surface area contributed by atoms with Gasteiger partial charge in [0.2, 0.25) is 5.91 Å². The lowest BCUT2D eigenvalue weighted by Gasteiger charge is -2.43. The number of aryl methyl sites for hydroxylation is 1. The van der Waals surface area contributed by atoms with Crippen molar-refractivity contribution in [2.75, 3.05) is 11.5 Å². The van der Waals surface area contributed by atoms with Crippen molar-refractivity contribution in [1.29, 1.82) is 0 Å². The summed E-state index contributed by atoms with van der Waals surface area (Å²) in [6.07, 6.45) is 0. The Kier molecular flexibility index (Phi) is 6.00. The van der Waals surface area contributed by atoms with E-state index in [0.717, 1.165) is 11.1 Å². The third-order valence-electron chi connectivity index (χ3n) is 5.78. The predicted molar refractivity (Wildman–Crippen MR) is 123 cm³/mol. The van der Waals surface area contributed by atoms with E-state index in [1.807, 2.05) is 61.5 Å². The maximum absolute atomic E-state index is 13.7.